The Morgan fingerprint density at radius 1 is 1.56 bits per heavy atom. The van der Waals surface area contributed by atoms with Crippen molar-refractivity contribution < 1.29 is 18.7 Å². The molecule has 0 spiro atoms. The lowest BCUT2D eigenvalue weighted by Crippen LogP contribution is -2.35. The van der Waals surface area contributed by atoms with Crippen LogP contribution in [0.4, 0.5) is 8.78 Å². The van der Waals surface area contributed by atoms with Gasteiger partial charge in [0, 0.05) is 12.0 Å². The summed E-state index contributed by atoms with van der Waals surface area (Å²) in [5, 5.41) is 8.49. The van der Waals surface area contributed by atoms with Crippen molar-refractivity contribution in [1.82, 2.24) is 0 Å². The number of halogens is 2. The zero-order valence-electron chi connectivity index (χ0n) is 8.78. The summed E-state index contributed by atoms with van der Waals surface area (Å²) in [5.74, 6) is -4.64. The molecule has 0 amide bonds. The molecule has 1 atom stereocenters. The quantitative estimate of drug-likeness (QED) is 0.828. The highest BCUT2D eigenvalue weighted by Gasteiger charge is 2.35. The average molecular weight is 229 g/mol. The van der Waals surface area contributed by atoms with E-state index in [1.165, 1.54) is 18.2 Å². The number of hydrogen-bond donors (Lipinski definition) is 2. The number of carbonyl (C=O) groups is 1. The molecule has 1 aromatic rings. The van der Waals surface area contributed by atoms with Gasteiger partial charge in [-0.1, -0.05) is 29.8 Å². The molecule has 0 aliphatic rings. The lowest BCUT2D eigenvalue weighted by molar-refractivity contribution is -0.141. The Morgan fingerprint density at radius 2 is 2.19 bits per heavy atom. The fourth-order valence-corrected chi connectivity index (χ4v) is 1.35. The summed E-state index contributed by atoms with van der Waals surface area (Å²) in [4.78, 5) is 10.4. The topological polar surface area (TPSA) is 63.3 Å². The number of nitrogens with two attached hydrogens (primary N) is 1. The van der Waals surface area contributed by atoms with Crippen molar-refractivity contribution in [2.45, 2.75) is 25.3 Å². The maximum absolute atomic E-state index is 13.6. The van der Waals surface area contributed by atoms with Crippen molar-refractivity contribution in [2.75, 3.05) is 0 Å². The number of carboxylic acids is 1. The van der Waals surface area contributed by atoms with Crippen molar-refractivity contribution in [2.24, 2.45) is 5.73 Å². The summed E-state index contributed by atoms with van der Waals surface area (Å²) in [6.07, 6.45) is -0.897. The second-order valence-corrected chi connectivity index (χ2v) is 3.72. The lowest BCUT2D eigenvalue weighted by atomic mass is 10.00. The fourth-order valence-electron chi connectivity index (χ4n) is 1.35. The van der Waals surface area contributed by atoms with E-state index in [1.807, 2.05) is 0 Å². The van der Waals surface area contributed by atoms with Crippen LogP contribution in [0, 0.1) is 6.92 Å². The molecule has 0 saturated carbocycles. The van der Waals surface area contributed by atoms with Crippen molar-refractivity contribution in [3.8, 4) is 0 Å². The minimum absolute atomic E-state index is 0.204. The molecule has 0 radical (unpaired) electrons. The van der Waals surface area contributed by atoms with Gasteiger partial charge in [-0.25, -0.2) is 8.78 Å². The Hall–Kier alpha value is -1.49. The van der Waals surface area contributed by atoms with Gasteiger partial charge in [0.15, 0.2) is 0 Å². The molecule has 1 unspecified atom stereocenters. The van der Waals surface area contributed by atoms with E-state index in [9.17, 15) is 13.6 Å². The Balaban J connectivity index is 2.89. The molecule has 0 aromatic heterocycles. The van der Waals surface area contributed by atoms with Gasteiger partial charge >= 0.3 is 5.97 Å². The number of aryl methyl sites for hydroxylation is 1. The molecule has 1 rings (SSSR count). The smallest absolute Gasteiger partial charge is 0.320 e. The van der Waals surface area contributed by atoms with Crippen LogP contribution < -0.4 is 5.73 Å². The normalized spacial score (nSPS) is 13.5. The van der Waals surface area contributed by atoms with Gasteiger partial charge in [0.25, 0.3) is 5.92 Å². The Bertz CT molecular complexity index is 393. The van der Waals surface area contributed by atoms with Crippen molar-refractivity contribution in [3.05, 3.63) is 35.4 Å². The average Bonchev–Trinajstić information content (AvgIpc) is 2.17. The summed E-state index contributed by atoms with van der Waals surface area (Å²) >= 11 is 0. The van der Waals surface area contributed by atoms with Crippen LogP contribution in [0.5, 0.6) is 0 Å². The number of hydrogen-bond acceptors (Lipinski definition) is 2. The van der Waals surface area contributed by atoms with Crippen molar-refractivity contribution in [3.63, 3.8) is 0 Å². The maximum atomic E-state index is 13.6. The van der Waals surface area contributed by atoms with E-state index >= 15 is 0 Å². The summed E-state index contributed by atoms with van der Waals surface area (Å²) < 4.78 is 27.2. The highest BCUT2D eigenvalue weighted by atomic mass is 19.3. The van der Waals surface area contributed by atoms with Crippen LogP contribution in [0.25, 0.3) is 0 Å². The molecule has 0 heterocycles. The Kier molecular flexibility index (Phi) is 3.59. The monoisotopic (exact) mass is 229 g/mol. The minimum Gasteiger partial charge on any atom is -0.480 e. The third-order valence-corrected chi connectivity index (χ3v) is 2.23. The van der Waals surface area contributed by atoms with Crippen LogP contribution in [-0.2, 0) is 10.7 Å². The number of rotatable bonds is 4. The third-order valence-electron chi connectivity index (χ3n) is 2.23. The van der Waals surface area contributed by atoms with Gasteiger partial charge in [-0.05, 0) is 6.92 Å². The van der Waals surface area contributed by atoms with E-state index in [0.29, 0.717) is 5.56 Å². The number of carboxylic acid groups (broad SMARTS) is 1. The number of aliphatic carboxylic acids is 1. The maximum Gasteiger partial charge on any atom is 0.320 e. The molecule has 1 aromatic carbocycles. The number of alkyl halides is 2. The van der Waals surface area contributed by atoms with Crippen LogP contribution in [0.15, 0.2) is 24.3 Å². The van der Waals surface area contributed by atoms with Gasteiger partial charge in [0.1, 0.15) is 6.04 Å². The van der Waals surface area contributed by atoms with E-state index in [1.54, 1.807) is 13.0 Å². The SMILES string of the molecule is Cc1cccc(C(F)(F)CC(N)C(=O)O)c1. The third kappa shape index (κ3) is 3.00. The van der Waals surface area contributed by atoms with Gasteiger partial charge in [0.2, 0.25) is 0 Å². The molecule has 0 saturated heterocycles. The largest absolute Gasteiger partial charge is 0.480 e. The predicted octanol–water partition coefficient (Wildman–Crippen LogP) is 1.89. The summed E-state index contributed by atoms with van der Waals surface area (Å²) in [6.45, 7) is 1.69. The first-order valence-electron chi connectivity index (χ1n) is 4.76. The van der Waals surface area contributed by atoms with Crippen LogP contribution >= 0.6 is 0 Å². The molecule has 88 valence electrons. The second-order valence-electron chi connectivity index (χ2n) is 3.72. The van der Waals surface area contributed by atoms with E-state index < -0.39 is 24.4 Å². The van der Waals surface area contributed by atoms with Crippen LogP contribution in [-0.4, -0.2) is 17.1 Å². The van der Waals surface area contributed by atoms with Crippen LogP contribution in [0.2, 0.25) is 0 Å². The molecule has 0 aliphatic carbocycles. The highest BCUT2D eigenvalue weighted by molar-refractivity contribution is 5.73. The first-order valence-corrected chi connectivity index (χ1v) is 4.76. The van der Waals surface area contributed by atoms with Crippen LogP contribution in [0.3, 0.4) is 0 Å². The second kappa shape index (κ2) is 4.57. The van der Waals surface area contributed by atoms with Gasteiger partial charge in [-0.15, -0.1) is 0 Å². The lowest BCUT2D eigenvalue weighted by Gasteiger charge is -2.19. The first kappa shape index (κ1) is 12.6. The molecule has 16 heavy (non-hydrogen) atoms. The summed E-state index contributed by atoms with van der Waals surface area (Å²) in [7, 11) is 0. The molecule has 3 nitrogen and oxygen atoms in total. The molecule has 0 aliphatic heterocycles. The molecule has 0 bridgehead atoms. The van der Waals surface area contributed by atoms with E-state index in [0.717, 1.165) is 0 Å². The van der Waals surface area contributed by atoms with E-state index in [4.69, 9.17) is 10.8 Å². The van der Waals surface area contributed by atoms with Gasteiger partial charge in [0.05, 0.1) is 0 Å². The van der Waals surface area contributed by atoms with Crippen molar-refractivity contribution in [1.29, 1.82) is 0 Å². The predicted molar refractivity (Wildman–Crippen MR) is 55.3 cm³/mol. The van der Waals surface area contributed by atoms with Crippen LogP contribution in [0.1, 0.15) is 17.5 Å². The van der Waals surface area contributed by atoms with E-state index in [-0.39, 0.29) is 5.56 Å². The van der Waals surface area contributed by atoms with Gasteiger partial charge in [-0.2, -0.15) is 0 Å². The molecule has 5 heteroatoms. The van der Waals surface area contributed by atoms with E-state index in [2.05, 4.69) is 0 Å². The standard InChI is InChI=1S/C11H13F2NO2/c1-7-3-2-4-8(5-7)11(12,13)6-9(14)10(15)16/h2-5,9H,6,14H2,1H3,(H,15,16). The molecule has 0 fully saturated rings. The summed E-state index contributed by atoms with van der Waals surface area (Å²) in [6, 6.07) is 4.23. The highest BCUT2D eigenvalue weighted by Crippen LogP contribution is 2.32. The molecular formula is C11H13F2NO2. The number of benzene rings is 1. The summed E-state index contributed by atoms with van der Waals surface area (Å²) in [5.41, 5.74) is 5.59. The Morgan fingerprint density at radius 3 is 2.69 bits per heavy atom. The first-order chi connectivity index (χ1) is 7.33. The zero-order valence-corrected chi connectivity index (χ0v) is 8.78. The van der Waals surface area contributed by atoms with Crippen molar-refractivity contribution >= 4 is 5.97 Å². The molecular weight excluding hydrogens is 216 g/mol. The van der Waals surface area contributed by atoms with Gasteiger partial charge in [-0.3, -0.25) is 4.79 Å². The fraction of sp³-hybridized carbons (Fsp3) is 0.364. The zero-order chi connectivity index (χ0) is 12.3. The minimum atomic E-state index is -3.22. The molecule has 3 N–H and O–H groups in total. The Labute approximate surface area is 91.9 Å². The van der Waals surface area contributed by atoms with Gasteiger partial charge < -0.3 is 10.8 Å².